The number of aryl methyl sites for hydroxylation is 2. The van der Waals surface area contributed by atoms with Crippen molar-refractivity contribution in [3.63, 3.8) is 0 Å². The Kier molecular flexibility index (Phi) is 5.10. The third-order valence-electron chi connectivity index (χ3n) is 5.25. The van der Waals surface area contributed by atoms with Crippen LogP contribution < -0.4 is 9.47 Å². The summed E-state index contributed by atoms with van der Waals surface area (Å²) < 4.78 is 35.6. The average molecular weight is 372 g/mol. The van der Waals surface area contributed by atoms with Gasteiger partial charge in [0.15, 0.2) is 17.3 Å². The van der Waals surface area contributed by atoms with Crippen molar-refractivity contribution in [3.05, 3.63) is 58.7 Å². The molecule has 4 rings (SSSR count). The van der Waals surface area contributed by atoms with Gasteiger partial charge in [-0.2, -0.15) is 8.78 Å². The smallest absolute Gasteiger partial charge is 0.387 e. The van der Waals surface area contributed by atoms with Crippen molar-refractivity contribution >= 4 is 5.78 Å². The zero-order chi connectivity index (χ0) is 18.8. The molecule has 0 radical (unpaired) electrons. The molecule has 0 unspecified atom stereocenters. The molecule has 0 heterocycles. The predicted molar refractivity (Wildman–Crippen MR) is 97.8 cm³/mol. The molecule has 1 fully saturated rings. The standard InChI is InChI=1S/C22H22F2O3/c23-22(24)27-20-11-7-14(12-21(20)26-13-15-4-5-15)6-8-16-2-1-3-18-17(16)9-10-19(18)25/h1-3,7,11-12,15,22H,4-6,8-10,13H2. The van der Waals surface area contributed by atoms with Gasteiger partial charge in [0, 0.05) is 12.0 Å². The highest BCUT2D eigenvalue weighted by Crippen LogP contribution is 2.34. The Morgan fingerprint density at radius 1 is 1.04 bits per heavy atom. The number of alkyl halides is 2. The van der Waals surface area contributed by atoms with E-state index in [0.717, 1.165) is 48.8 Å². The number of fused-ring (bicyclic) bond motifs is 1. The van der Waals surface area contributed by atoms with Gasteiger partial charge >= 0.3 is 6.61 Å². The van der Waals surface area contributed by atoms with Crippen LogP contribution >= 0.6 is 0 Å². The second-order valence-corrected chi connectivity index (χ2v) is 7.28. The lowest BCUT2D eigenvalue weighted by atomic mass is 9.97. The molecule has 2 aromatic rings. The van der Waals surface area contributed by atoms with Crippen molar-refractivity contribution in [1.82, 2.24) is 0 Å². The van der Waals surface area contributed by atoms with E-state index in [-0.39, 0.29) is 11.5 Å². The van der Waals surface area contributed by atoms with Crippen LogP contribution in [-0.4, -0.2) is 19.0 Å². The van der Waals surface area contributed by atoms with E-state index in [1.165, 1.54) is 5.56 Å². The Bertz CT molecular complexity index is 843. The number of hydrogen-bond donors (Lipinski definition) is 0. The fourth-order valence-electron chi connectivity index (χ4n) is 3.58. The lowest BCUT2D eigenvalue weighted by molar-refractivity contribution is -0.0515. The number of carbonyl (C=O) groups is 1. The summed E-state index contributed by atoms with van der Waals surface area (Å²) in [5.41, 5.74) is 4.20. The zero-order valence-electron chi connectivity index (χ0n) is 15.0. The number of Topliss-reactive ketones (excluding diaryl/α,β-unsaturated/α-hetero) is 1. The van der Waals surface area contributed by atoms with E-state index in [2.05, 4.69) is 10.8 Å². The second-order valence-electron chi connectivity index (χ2n) is 7.28. The highest BCUT2D eigenvalue weighted by molar-refractivity contribution is 6.00. The number of benzene rings is 2. The van der Waals surface area contributed by atoms with E-state index < -0.39 is 6.61 Å². The van der Waals surface area contributed by atoms with Gasteiger partial charge in [-0.1, -0.05) is 24.3 Å². The minimum Gasteiger partial charge on any atom is -0.489 e. The minimum atomic E-state index is -2.87. The van der Waals surface area contributed by atoms with Crippen LogP contribution in [0.3, 0.4) is 0 Å². The SMILES string of the molecule is O=C1CCc2c(CCc3ccc(OC(F)F)c(OCC4CC4)c3)cccc21. The molecule has 2 aliphatic carbocycles. The number of ketones is 1. The largest absolute Gasteiger partial charge is 0.489 e. The molecule has 1 saturated carbocycles. The molecule has 142 valence electrons. The van der Waals surface area contributed by atoms with Crippen LogP contribution in [0.4, 0.5) is 8.78 Å². The molecule has 0 amide bonds. The number of carbonyl (C=O) groups excluding carboxylic acids is 1. The fourth-order valence-corrected chi connectivity index (χ4v) is 3.58. The Morgan fingerprint density at radius 2 is 1.89 bits per heavy atom. The van der Waals surface area contributed by atoms with Gasteiger partial charge in [-0.25, -0.2) is 0 Å². The van der Waals surface area contributed by atoms with E-state index >= 15 is 0 Å². The van der Waals surface area contributed by atoms with E-state index in [9.17, 15) is 13.6 Å². The lowest BCUT2D eigenvalue weighted by Crippen LogP contribution is -2.07. The number of halogens is 2. The van der Waals surface area contributed by atoms with Crippen LogP contribution in [-0.2, 0) is 19.3 Å². The Hall–Kier alpha value is -2.43. The molecule has 0 atom stereocenters. The fraction of sp³-hybridized carbons (Fsp3) is 0.409. The van der Waals surface area contributed by atoms with E-state index in [0.29, 0.717) is 24.7 Å². The van der Waals surface area contributed by atoms with Gasteiger partial charge in [-0.15, -0.1) is 0 Å². The first-order valence-corrected chi connectivity index (χ1v) is 9.44. The number of hydrogen-bond acceptors (Lipinski definition) is 3. The summed E-state index contributed by atoms with van der Waals surface area (Å²) in [6.45, 7) is -2.33. The average Bonchev–Trinajstić information content (AvgIpc) is 3.41. The summed E-state index contributed by atoms with van der Waals surface area (Å²) in [6.07, 6.45) is 5.20. The van der Waals surface area contributed by atoms with Crippen LogP contribution in [0.2, 0.25) is 0 Å². The summed E-state index contributed by atoms with van der Waals surface area (Å²) in [5.74, 6) is 1.21. The summed E-state index contributed by atoms with van der Waals surface area (Å²) >= 11 is 0. The third kappa shape index (κ3) is 4.29. The van der Waals surface area contributed by atoms with Gasteiger partial charge in [0.05, 0.1) is 6.61 Å². The van der Waals surface area contributed by atoms with Crippen LogP contribution in [0.15, 0.2) is 36.4 Å². The van der Waals surface area contributed by atoms with E-state index in [1.807, 2.05) is 12.1 Å². The van der Waals surface area contributed by atoms with Crippen molar-refractivity contribution < 1.29 is 23.0 Å². The highest BCUT2D eigenvalue weighted by Gasteiger charge is 2.24. The zero-order valence-corrected chi connectivity index (χ0v) is 15.0. The van der Waals surface area contributed by atoms with Crippen molar-refractivity contribution in [1.29, 1.82) is 0 Å². The summed E-state index contributed by atoms with van der Waals surface area (Å²) in [6, 6.07) is 11.1. The van der Waals surface area contributed by atoms with Crippen molar-refractivity contribution in [3.8, 4) is 11.5 Å². The maximum atomic E-state index is 12.6. The summed E-state index contributed by atoms with van der Waals surface area (Å²) in [5, 5.41) is 0. The maximum absolute atomic E-state index is 12.6. The Balaban J connectivity index is 1.48. The van der Waals surface area contributed by atoms with Crippen molar-refractivity contribution in [2.75, 3.05) is 6.61 Å². The molecule has 0 aromatic heterocycles. The van der Waals surface area contributed by atoms with Gasteiger partial charge in [-0.3, -0.25) is 4.79 Å². The topological polar surface area (TPSA) is 35.5 Å². The first kappa shape index (κ1) is 18.0. The van der Waals surface area contributed by atoms with Crippen molar-refractivity contribution in [2.24, 2.45) is 5.92 Å². The van der Waals surface area contributed by atoms with E-state index in [1.54, 1.807) is 18.2 Å². The maximum Gasteiger partial charge on any atom is 0.387 e. The van der Waals surface area contributed by atoms with Gasteiger partial charge in [0.1, 0.15) is 0 Å². The monoisotopic (exact) mass is 372 g/mol. The summed E-state index contributed by atoms with van der Waals surface area (Å²) in [4.78, 5) is 11.9. The molecule has 5 heteroatoms. The molecule has 3 nitrogen and oxygen atoms in total. The van der Waals surface area contributed by atoms with Crippen molar-refractivity contribution in [2.45, 2.75) is 45.1 Å². The normalized spacial score (nSPS) is 15.9. The molecular formula is C22H22F2O3. The molecular weight excluding hydrogens is 350 g/mol. The predicted octanol–water partition coefficient (Wildman–Crippen LogP) is 4.99. The number of rotatable bonds is 8. The first-order valence-electron chi connectivity index (χ1n) is 9.44. The molecule has 0 aliphatic heterocycles. The first-order chi connectivity index (χ1) is 13.1. The lowest BCUT2D eigenvalue weighted by Gasteiger charge is -2.14. The third-order valence-corrected chi connectivity index (χ3v) is 5.25. The quantitative estimate of drug-likeness (QED) is 0.655. The van der Waals surface area contributed by atoms with Gasteiger partial charge in [0.25, 0.3) is 0 Å². The Morgan fingerprint density at radius 3 is 2.67 bits per heavy atom. The number of ether oxygens (including phenoxy) is 2. The van der Waals surface area contributed by atoms with Crippen LogP contribution in [0.5, 0.6) is 11.5 Å². The molecule has 0 saturated heterocycles. The highest BCUT2D eigenvalue weighted by atomic mass is 19.3. The van der Waals surface area contributed by atoms with Gasteiger partial charge in [0.2, 0.25) is 0 Å². The minimum absolute atomic E-state index is 0.0839. The molecule has 2 aliphatic rings. The molecule has 2 aromatic carbocycles. The second kappa shape index (κ2) is 7.67. The van der Waals surface area contributed by atoms with Gasteiger partial charge in [-0.05, 0) is 66.8 Å². The molecule has 0 bridgehead atoms. The van der Waals surface area contributed by atoms with E-state index in [4.69, 9.17) is 4.74 Å². The van der Waals surface area contributed by atoms with Crippen LogP contribution in [0.1, 0.15) is 46.3 Å². The molecule has 0 spiro atoms. The van der Waals surface area contributed by atoms with Crippen LogP contribution in [0.25, 0.3) is 0 Å². The Labute approximate surface area is 157 Å². The van der Waals surface area contributed by atoms with Gasteiger partial charge < -0.3 is 9.47 Å². The van der Waals surface area contributed by atoms with Crippen LogP contribution in [0, 0.1) is 5.92 Å². The molecule has 0 N–H and O–H groups in total. The summed E-state index contributed by atoms with van der Waals surface area (Å²) in [7, 11) is 0. The molecule has 27 heavy (non-hydrogen) atoms.